The van der Waals surface area contributed by atoms with E-state index >= 15 is 0 Å². The number of methoxy groups -OCH3 is 1. The first kappa shape index (κ1) is 17.8. The number of amides is 2. The number of ether oxygens (including phenoxy) is 1. The van der Waals surface area contributed by atoms with Gasteiger partial charge >= 0.3 is 6.03 Å². The number of carbonyl (C=O) groups excluding carboxylic acids is 1. The van der Waals surface area contributed by atoms with Gasteiger partial charge in [0.25, 0.3) is 0 Å². The van der Waals surface area contributed by atoms with Gasteiger partial charge in [0, 0.05) is 31.2 Å². The first-order valence-electron chi connectivity index (χ1n) is 8.06. The fourth-order valence-electron chi connectivity index (χ4n) is 2.53. The van der Waals surface area contributed by atoms with Crippen LogP contribution in [0.2, 0.25) is 5.02 Å². The summed E-state index contributed by atoms with van der Waals surface area (Å²) in [6.45, 7) is 1.16. The number of nitrogens with zero attached hydrogens (tertiary/aromatic N) is 2. The molecule has 0 aliphatic carbocycles. The van der Waals surface area contributed by atoms with Crippen LogP contribution in [-0.2, 0) is 13.1 Å². The Bertz CT molecular complexity index is 881. The third-order valence-corrected chi connectivity index (χ3v) is 4.07. The van der Waals surface area contributed by atoms with E-state index in [-0.39, 0.29) is 6.03 Å². The molecule has 0 aliphatic heterocycles. The van der Waals surface area contributed by atoms with E-state index in [0.717, 1.165) is 17.7 Å². The number of benzene rings is 2. The van der Waals surface area contributed by atoms with E-state index in [1.54, 1.807) is 37.8 Å². The quantitative estimate of drug-likeness (QED) is 0.691. The molecule has 0 aliphatic rings. The van der Waals surface area contributed by atoms with Gasteiger partial charge in [0.15, 0.2) is 0 Å². The summed E-state index contributed by atoms with van der Waals surface area (Å²) in [5, 5.41) is 6.03. The number of carbonyl (C=O) groups is 1. The van der Waals surface area contributed by atoms with Crippen molar-refractivity contribution in [2.24, 2.45) is 0 Å². The highest BCUT2D eigenvalue weighted by Crippen LogP contribution is 2.27. The minimum absolute atomic E-state index is 0.300. The summed E-state index contributed by atoms with van der Waals surface area (Å²) in [5.74, 6) is 0.562. The molecule has 0 radical (unpaired) electrons. The van der Waals surface area contributed by atoms with Crippen molar-refractivity contribution in [1.82, 2.24) is 14.9 Å². The van der Waals surface area contributed by atoms with Crippen LogP contribution in [0.1, 0.15) is 11.1 Å². The standard InChI is InChI=1S/C19H19ClN4O2/c1-26-18-6-5-16(10-17(18)20)23-19(25)22-11-14-3-2-4-15(9-14)12-24-8-7-21-13-24/h2-10,13H,11-12H2,1H3,(H2,22,23,25). The Balaban J connectivity index is 1.55. The smallest absolute Gasteiger partial charge is 0.319 e. The van der Waals surface area contributed by atoms with Gasteiger partial charge in [0.05, 0.1) is 18.5 Å². The van der Waals surface area contributed by atoms with Crippen molar-refractivity contribution in [1.29, 1.82) is 0 Å². The number of nitrogens with one attached hydrogen (secondary N) is 2. The molecule has 0 spiro atoms. The van der Waals surface area contributed by atoms with E-state index in [1.807, 2.05) is 29.0 Å². The second-order valence-corrected chi connectivity index (χ2v) is 6.12. The molecule has 3 aromatic rings. The lowest BCUT2D eigenvalue weighted by molar-refractivity contribution is 0.251. The maximum Gasteiger partial charge on any atom is 0.319 e. The highest BCUT2D eigenvalue weighted by molar-refractivity contribution is 6.32. The van der Waals surface area contributed by atoms with Crippen molar-refractivity contribution >= 4 is 23.3 Å². The van der Waals surface area contributed by atoms with E-state index in [2.05, 4.69) is 21.7 Å². The molecule has 0 saturated carbocycles. The number of halogens is 1. The number of hydrogen-bond donors (Lipinski definition) is 2. The van der Waals surface area contributed by atoms with Crippen LogP contribution in [-0.4, -0.2) is 22.7 Å². The molecule has 0 saturated heterocycles. The molecule has 3 rings (SSSR count). The molecule has 1 aromatic heterocycles. The Labute approximate surface area is 156 Å². The summed E-state index contributed by atoms with van der Waals surface area (Å²) in [6.07, 6.45) is 5.44. The van der Waals surface area contributed by atoms with E-state index in [0.29, 0.717) is 23.0 Å². The fourth-order valence-corrected chi connectivity index (χ4v) is 2.79. The van der Waals surface area contributed by atoms with Gasteiger partial charge in [-0.15, -0.1) is 0 Å². The van der Waals surface area contributed by atoms with Crippen molar-refractivity contribution in [3.63, 3.8) is 0 Å². The molecule has 0 unspecified atom stereocenters. The average molecular weight is 371 g/mol. The third-order valence-electron chi connectivity index (χ3n) is 3.78. The van der Waals surface area contributed by atoms with Crippen molar-refractivity contribution in [3.05, 3.63) is 77.3 Å². The average Bonchev–Trinajstić information content (AvgIpc) is 3.13. The van der Waals surface area contributed by atoms with E-state index in [1.165, 1.54) is 0 Å². The summed E-state index contributed by atoms with van der Waals surface area (Å²) in [6, 6.07) is 12.8. The highest BCUT2D eigenvalue weighted by Gasteiger charge is 2.06. The Kier molecular flexibility index (Phi) is 5.76. The summed E-state index contributed by atoms with van der Waals surface area (Å²) in [4.78, 5) is 16.1. The summed E-state index contributed by atoms with van der Waals surface area (Å²) < 4.78 is 7.09. The molecule has 0 atom stereocenters. The zero-order valence-corrected chi connectivity index (χ0v) is 15.0. The highest BCUT2D eigenvalue weighted by atomic mass is 35.5. The van der Waals surface area contributed by atoms with Crippen LogP contribution in [0.15, 0.2) is 61.2 Å². The van der Waals surface area contributed by atoms with Gasteiger partial charge in [-0.3, -0.25) is 0 Å². The number of anilines is 1. The van der Waals surface area contributed by atoms with Gasteiger partial charge < -0.3 is 19.9 Å². The monoisotopic (exact) mass is 370 g/mol. The fraction of sp³-hybridized carbons (Fsp3) is 0.158. The van der Waals surface area contributed by atoms with Gasteiger partial charge in [-0.2, -0.15) is 0 Å². The molecule has 134 valence electrons. The van der Waals surface area contributed by atoms with Crippen LogP contribution in [0.25, 0.3) is 0 Å². The predicted octanol–water partition coefficient (Wildman–Crippen LogP) is 3.92. The second-order valence-electron chi connectivity index (χ2n) is 5.71. The molecule has 2 amide bonds. The Morgan fingerprint density at radius 1 is 1.23 bits per heavy atom. The summed E-state index contributed by atoms with van der Waals surface area (Å²) in [5.41, 5.74) is 2.76. The van der Waals surface area contributed by atoms with Crippen LogP contribution in [0.4, 0.5) is 10.5 Å². The van der Waals surface area contributed by atoms with Crippen molar-refractivity contribution < 1.29 is 9.53 Å². The van der Waals surface area contributed by atoms with Crippen molar-refractivity contribution in [2.45, 2.75) is 13.1 Å². The van der Waals surface area contributed by atoms with Crippen LogP contribution in [0, 0.1) is 0 Å². The van der Waals surface area contributed by atoms with Gasteiger partial charge in [-0.1, -0.05) is 35.9 Å². The maximum absolute atomic E-state index is 12.1. The molecule has 0 fully saturated rings. The molecule has 7 heteroatoms. The first-order valence-corrected chi connectivity index (χ1v) is 8.44. The Hall–Kier alpha value is -2.99. The largest absolute Gasteiger partial charge is 0.495 e. The van der Waals surface area contributed by atoms with Crippen molar-refractivity contribution in [2.75, 3.05) is 12.4 Å². The van der Waals surface area contributed by atoms with Crippen LogP contribution in [0.3, 0.4) is 0 Å². The zero-order chi connectivity index (χ0) is 18.4. The van der Waals surface area contributed by atoms with E-state index in [9.17, 15) is 4.79 Å². The number of imidazole rings is 1. The third kappa shape index (κ3) is 4.77. The maximum atomic E-state index is 12.1. The van der Waals surface area contributed by atoms with Crippen LogP contribution < -0.4 is 15.4 Å². The van der Waals surface area contributed by atoms with Crippen LogP contribution >= 0.6 is 11.6 Å². The lowest BCUT2D eigenvalue weighted by Gasteiger charge is -2.10. The van der Waals surface area contributed by atoms with E-state index < -0.39 is 0 Å². The van der Waals surface area contributed by atoms with Crippen LogP contribution in [0.5, 0.6) is 5.75 Å². The molecule has 0 bridgehead atoms. The molecule has 6 nitrogen and oxygen atoms in total. The molecule has 1 heterocycles. The minimum Gasteiger partial charge on any atom is -0.495 e. The predicted molar refractivity (Wildman–Crippen MR) is 102 cm³/mol. The number of aromatic nitrogens is 2. The van der Waals surface area contributed by atoms with Gasteiger partial charge in [-0.05, 0) is 29.3 Å². The van der Waals surface area contributed by atoms with Gasteiger partial charge in [0.1, 0.15) is 5.75 Å². The zero-order valence-electron chi connectivity index (χ0n) is 14.3. The van der Waals surface area contributed by atoms with Gasteiger partial charge in [-0.25, -0.2) is 9.78 Å². The molecular formula is C19H19ClN4O2. The van der Waals surface area contributed by atoms with Crippen molar-refractivity contribution in [3.8, 4) is 5.75 Å². The summed E-state index contributed by atoms with van der Waals surface area (Å²) >= 11 is 6.06. The Morgan fingerprint density at radius 3 is 2.81 bits per heavy atom. The Morgan fingerprint density at radius 2 is 2.08 bits per heavy atom. The molecule has 26 heavy (non-hydrogen) atoms. The summed E-state index contributed by atoms with van der Waals surface area (Å²) in [7, 11) is 1.54. The van der Waals surface area contributed by atoms with Gasteiger partial charge in [0.2, 0.25) is 0 Å². The number of hydrogen-bond acceptors (Lipinski definition) is 3. The minimum atomic E-state index is -0.300. The lowest BCUT2D eigenvalue weighted by Crippen LogP contribution is -2.28. The molecule has 2 N–H and O–H groups in total. The number of rotatable bonds is 6. The topological polar surface area (TPSA) is 68.2 Å². The van der Waals surface area contributed by atoms with E-state index in [4.69, 9.17) is 16.3 Å². The first-order chi connectivity index (χ1) is 12.6. The lowest BCUT2D eigenvalue weighted by atomic mass is 10.1. The molecule has 2 aromatic carbocycles. The second kappa shape index (κ2) is 8.40. The molecular weight excluding hydrogens is 352 g/mol. The SMILES string of the molecule is COc1ccc(NC(=O)NCc2cccc(Cn3ccnc3)c2)cc1Cl. The number of urea groups is 1. The normalized spacial score (nSPS) is 10.4.